The molecule has 0 aromatic heterocycles. The molecule has 0 unspecified atom stereocenters. The lowest BCUT2D eigenvalue weighted by Crippen LogP contribution is -2.28. The van der Waals surface area contributed by atoms with Crippen molar-refractivity contribution < 1.29 is 14.6 Å². The molecule has 0 spiro atoms. The van der Waals surface area contributed by atoms with Gasteiger partial charge in [-0.1, -0.05) is 28.1 Å². The van der Waals surface area contributed by atoms with Crippen molar-refractivity contribution in [2.24, 2.45) is 0 Å². The Hall–Kier alpha value is -0.870. The molecule has 0 aliphatic rings. The highest BCUT2D eigenvalue weighted by molar-refractivity contribution is 9.10. The molecule has 1 atom stereocenters. The van der Waals surface area contributed by atoms with Crippen LogP contribution in [0.5, 0.6) is 0 Å². The Balaban J connectivity index is 2.80. The van der Waals surface area contributed by atoms with Gasteiger partial charge in [-0.15, -0.1) is 0 Å². The second-order valence-electron chi connectivity index (χ2n) is 3.56. The Kier molecular flexibility index (Phi) is 3.88. The highest BCUT2D eigenvalue weighted by Gasteiger charge is 2.24. The summed E-state index contributed by atoms with van der Waals surface area (Å²) in [5.74, 6) is -0.398. The van der Waals surface area contributed by atoms with E-state index in [9.17, 15) is 9.90 Å². The van der Waals surface area contributed by atoms with Gasteiger partial charge in [0.25, 0.3) is 0 Å². The average molecular weight is 273 g/mol. The topological polar surface area (TPSA) is 46.5 Å². The van der Waals surface area contributed by atoms with Crippen molar-refractivity contribution in [2.75, 3.05) is 6.61 Å². The van der Waals surface area contributed by atoms with Gasteiger partial charge in [-0.25, -0.2) is 0 Å². The lowest BCUT2D eigenvalue weighted by Gasteiger charge is -2.23. The summed E-state index contributed by atoms with van der Waals surface area (Å²) in [6.07, 6.45) is 0. The fourth-order valence-electron chi connectivity index (χ4n) is 1.15. The van der Waals surface area contributed by atoms with Gasteiger partial charge in [0.15, 0.2) is 0 Å². The van der Waals surface area contributed by atoms with E-state index in [1.165, 1.54) is 6.92 Å². The normalized spacial score (nSPS) is 14.4. The minimum atomic E-state index is -1.16. The van der Waals surface area contributed by atoms with Crippen LogP contribution in [0.3, 0.4) is 0 Å². The Bertz CT molecular complexity index is 361. The molecule has 0 saturated carbocycles. The van der Waals surface area contributed by atoms with Crippen molar-refractivity contribution in [3.8, 4) is 0 Å². The van der Waals surface area contributed by atoms with Crippen LogP contribution >= 0.6 is 15.9 Å². The van der Waals surface area contributed by atoms with Crippen LogP contribution in [0.1, 0.15) is 19.4 Å². The molecule has 1 aromatic carbocycles. The first-order valence-corrected chi connectivity index (χ1v) is 5.33. The lowest BCUT2D eigenvalue weighted by molar-refractivity contribution is -0.148. The van der Waals surface area contributed by atoms with Crippen molar-refractivity contribution >= 4 is 21.9 Å². The van der Waals surface area contributed by atoms with Crippen LogP contribution in [0.25, 0.3) is 0 Å². The van der Waals surface area contributed by atoms with Crippen molar-refractivity contribution in [3.05, 3.63) is 34.3 Å². The molecule has 1 N–H and O–H groups in total. The van der Waals surface area contributed by atoms with Crippen LogP contribution < -0.4 is 0 Å². The van der Waals surface area contributed by atoms with Crippen LogP contribution in [0.4, 0.5) is 0 Å². The summed E-state index contributed by atoms with van der Waals surface area (Å²) >= 11 is 3.32. The Labute approximate surface area is 97.2 Å². The Morgan fingerprint density at radius 3 is 2.80 bits per heavy atom. The number of carbonyl (C=O) groups is 1. The van der Waals surface area contributed by atoms with Gasteiger partial charge in [0.1, 0.15) is 12.2 Å². The maximum absolute atomic E-state index is 10.6. The highest BCUT2D eigenvalue weighted by atomic mass is 79.9. The van der Waals surface area contributed by atoms with Gasteiger partial charge >= 0.3 is 5.97 Å². The molecule has 0 fully saturated rings. The summed E-state index contributed by atoms with van der Waals surface area (Å²) in [5.41, 5.74) is -0.451. The van der Waals surface area contributed by atoms with Crippen molar-refractivity contribution in [2.45, 2.75) is 19.4 Å². The number of halogens is 1. The fourth-order valence-corrected chi connectivity index (χ4v) is 1.55. The van der Waals surface area contributed by atoms with Crippen LogP contribution in [0, 0.1) is 0 Å². The van der Waals surface area contributed by atoms with Crippen LogP contribution in [-0.2, 0) is 15.1 Å². The first-order chi connectivity index (χ1) is 6.92. The quantitative estimate of drug-likeness (QED) is 0.859. The smallest absolute Gasteiger partial charge is 0.302 e. The van der Waals surface area contributed by atoms with Gasteiger partial charge in [-0.3, -0.25) is 4.79 Å². The van der Waals surface area contributed by atoms with E-state index in [1.807, 2.05) is 12.1 Å². The summed E-state index contributed by atoms with van der Waals surface area (Å²) in [4.78, 5) is 10.6. The summed E-state index contributed by atoms with van der Waals surface area (Å²) < 4.78 is 5.67. The predicted octanol–water partition coefficient (Wildman–Crippen LogP) is 2.22. The standard InChI is InChI=1S/C11H13BrO3/c1-8(13)15-7-11(2,14)9-4-3-5-10(12)6-9/h3-6,14H,7H2,1-2H3/t11-/m0/s1. The number of hydrogen-bond acceptors (Lipinski definition) is 3. The van der Waals surface area contributed by atoms with Crippen molar-refractivity contribution in [1.29, 1.82) is 0 Å². The number of esters is 1. The second-order valence-corrected chi connectivity index (χ2v) is 4.48. The summed E-state index contributed by atoms with van der Waals surface area (Å²) in [6, 6.07) is 7.27. The SMILES string of the molecule is CC(=O)OC[C@](C)(O)c1cccc(Br)c1. The molecule has 3 nitrogen and oxygen atoms in total. The number of ether oxygens (including phenoxy) is 1. The average Bonchev–Trinajstić information content (AvgIpc) is 2.15. The molecule has 15 heavy (non-hydrogen) atoms. The first kappa shape index (κ1) is 12.2. The molecular formula is C11H13BrO3. The van der Waals surface area contributed by atoms with E-state index >= 15 is 0 Å². The van der Waals surface area contributed by atoms with Crippen molar-refractivity contribution in [1.82, 2.24) is 0 Å². The second kappa shape index (κ2) is 4.77. The largest absolute Gasteiger partial charge is 0.462 e. The molecule has 0 bridgehead atoms. The molecule has 4 heteroatoms. The third-order valence-electron chi connectivity index (χ3n) is 2.00. The van der Waals surface area contributed by atoms with E-state index in [2.05, 4.69) is 15.9 Å². The third kappa shape index (κ3) is 3.64. The Morgan fingerprint density at radius 2 is 2.27 bits per heavy atom. The first-order valence-electron chi connectivity index (χ1n) is 4.53. The van der Waals surface area contributed by atoms with E-state index < -0.39 is 11.6 Å². The number of benzene rings is 1. The molecule has 0 aliphatic carbocycles. The van der Waals surface area contributed by atoms with Gasteiger partial charge in [0.05, 0.1) is 0 Å². The zero-order chi connectivity index (χ0) is 11.5. The van der Waals surface area contributed by atoms with Gasteiger partial charge in [0, 0.05) is 11.4 Å². The van der Waals surface area contributed by atoms with Gasteiger partial charge < -0.3 is 9.84 Å². The lowest BCUT2D eigenvalue weighted by atomic mass is 9.97. The fraction of sp³-hybridized carbons (Fsp3) is 0.364. The van der Waals surface area contributed by atoms with Gasteiger partial charge in [-0.05, 0) is 24.6 Å². The minimum Gasteiger partial charge on any atom is -0.462 e. The molecular weight excluding hydrogens is 260 g/mol. The van der Waals surface area contributed by atoms with E-state index in [0.717, 1.165) is 4.47 Å². The zero-order valence-corrected chi connectivity index (χ0v) is 10.2. The molecule has 0 radical (unpaired) electrons. The Morgan fingerprint density at radius 1 is 1.60 bits per heavy atom. The van der Waals surface area contributed by atoms with E-state index in [-0.39, 0.29) is 6.61 Å². The minimum absolute atomic E-state index is 0.0429. The maximum atomic E-state index is 10.6. The molecule has 0 heterocycles. The highest BCUT2D eigenvalue weighted by Crippen LogP contribution is 2.23. The summed E-state index contributed by atoms with van der Waals surface area (Å²) in [6.45, 7) is 2.88. The van der Waals surface area contributed by atoms with Crippen LogP contribution in [-0.4, -0.2) is 17.7 Å². The van der Waals surface area contributed by atoms with Crippen LogP contribution in [0.15, 0.2) is 28.7 Å². The van der Waals surface area contributed by atoms with E-state index in [4.69, 9.17) is 4.74 Å². The summed E-state index contributed by atoms with van der Waals surface area (Å²) in [5, 5.41) is 10.1. The molecule has 1 aromatic rings. The van der Waals surface area contributed by atoms with E-state index in [0.29, 0.717) is 5.56 Å². The predicted molar refractivity (Wildman–Crippen MR) is 60.3 cm³/mol. The number of carbonyl (C=O) groups excluding carboxylic acids is 1. The van der Waals surface area contributed by atoms with Gasteiger partial charge in [-0.2, -0.15) is 0 Å². The third-order valence-corrected chi connectivity index (χ3v) is 2.50. The van der Waals surface area contributed by atoms with Crippen molar-refractivity contribution in [3.63, 3.8) is 0 Å². The van der Waals surface area contributed by atoms with Gasteiger partial charge in [0.2, 0.25) is 0 Å². The monoisotopic (exact) mass is 272 g/mol. The summed E-state index contributed by atoms with van der Waals surface area (Å²) in [7, 11) is 0. The molecule has 0 saturated heterocycles. The molecule has 1 rings (SSSR count). The molecule has 0 aliphatic heterocycles. The molecule has 82 valence electrons. The number of aliphatic hydroxyl groups is 1. The number of rotatable bonds is 3. The zero-order valence-electron chi connectivity index (χ0n) is 8.66. The van der Waals surface area contributed by atoms with E-state index in [1.54, 1.807) is 19.1 Å². The number of hydrogen-bond donors (Lipinski definition) is 1. The maximum Gasteiger partial charge on any atom is 0.302 e. The van der Waals surface area contributed by atoms with Crippen LogP contribution in [0.2, 0.25) is 0 Å². The molecule has 0 amide bonds.